The molecule has 0 fully saturated rings. The van der Waals surface area contributed by atoms with Crippen LogP contribution in [0.1, 0.15) is 18.9 Å². The third kappa shape index (κ3) is 4.69. The number of nitrogens with zero attached hydrogens (tertiary/aromatic N) is 1. The van der Waals surface area contributed by atoms with Gasteiger partial charge in [-0.05, 0) is 6.92 Å². The van der Waals surface area contributed by atoms with Crippen LogP contribution in [0.4, 0.5) is 0 Å². The minimum atomic E-state index is -1.39. The van der Waals surface area contributed by atoms with Crippen LogP contribution in [0.3, 0.4) is 0 Å². The van der Waals surface area contributed by atoms with Crippen molar-refractivity contribution in [3.63, 3.8) is 0 Å². The van der Waals surface area contributed by atoms with Gasteiger partial charge in [0, 0.05) is 5.56 Å². The van der Waals surface area contributed by atoms with E-state index in [0.29, 0.717) is 0 Å². The summed E-state index contributed by atoms with van der Waals surface area (Å²) in [6.07, 6.45) is 0.104. The lowest BCUT2D eigenvalue weighted by Crippen LogP contribution is -2.39. The zero-order valence-corrected chi connectivity index (χ0v) is 8.72. The van der Waals surface area contributed by atoms with Gasteiger partial charge in [-0.2, -0.15) is 0 Å². The predicted octanol–water partition coefficient (Wildman–Crippen LogP) is 1.87. The van der Waals surface area contributed by atoms with Crippen LogP contribution in [-0.4, -0.2) is 22.3 Å². The van der Waals surface area contributed by atoms with E-state index in [1.807, 2.05) is 6.07 Å². The fourth-order valence-electron chi connectivity index (χ4n) is 1.28. The SMILES string of the molecule is CC(=O)CC[N+]([O-])(O)Cc1ccccc1. The zero-order chi connectivity index (χ0) is 11.3. The van der Waals surface area contributed by atoms with Crippen molar-refractivity contribution in [1.82, 2.24) is 0 Å². The molecule has 0 aliphatic heterocycles. The maximum absolute atomic E-state index is 11.5. The first-order valence-electron chi connectivity index (χ1n) is 4.84. The maximum Gasteiger partial charge on any atom is 0.135 e. The van der Waals surface area contributed by atoms with Gasteiger partial charge in [0.1, 0.15) is 18.9 Å². The first-order valence-corrected chi connectivity index (χ1v) is 4.84. The number of Topliss-reactive ketones (excluding diaryl/α,β-unsaturated/α-hetero) is 1. The highest BCUT2D eigenvalue weighted by atomic mass is 16.8. The lowest BCUT2D eigenvalue weighted by atomic mass is 10.2. The average Bonchev–Trinajstić information content (AvgIpc) is 2.16. The topological polar surface area (TPSA) is 60.4 Å². The molecular weight excluding hydrogens is 194 g/mol. The highest BCUT2D eigenvalue weighted by Crippen LogP contribution is 2.10. The molecule has 1 unspecified atom stereocenters. The molecule has 0 aromatic heterocycles. The minimum Gasteiger partial charge on any atom is -0.598 e. The van der Waals surface area contributed by atoms with Crippen LogP contribution in [-0.2, 0) is 11.3 Å². The van der Waals surface area contributed by atoms with Crippen LogP contribution < -0.4 is 0 Å². The van der Waals surface area contributed by atoms with Crippen molar-refractivity contribution >= 4 is 5.78 Å². The average molecular weight is 209 g/mol. The predicted molar refractivity (Wildman–Crippen MR) is 55.7 cm³/mol. The second-order valence-electron chi connectivity index (χ2n) is 3.67. The van der Waals surface area contributed by atoms with Gasteiger partial charge in [-0.25, -0.2) is 10.0 Å². The molecule has 4 nitrogen and oxygen atoms in total. The fourth-order valence-corrected chi connectivity index (χ4v) is 1.28. The molecule has 0 amide bonds. The van der Waals surface area contributed by atoms with Gasteiger partial charge in [0.2, 0.25) is 0 Å². The van der Waals surface area contributed by atoms with Gasteiger partial charge in [0.05, 0.1) is 6.42 Å². The molecule has 1 aromatic rings. The van der Waals surface area contributed by atoms with Crippen LogP contribution in [0.15, 0.2) is 30.3 Å². The summed E-state index contributed by atoms with van der Waals surface area (Å²) in [7, 11) is 0. The third-order valence-corrected chi connectivity index (χ3v) is 2.09. The first kappa shape index (κ1) is 11.8. The van der Waals surface area contributed by atoms with Gasteiger partial charge in [-0.3, -0.25) is 4.79 Å². The van der Waals surface area contributed by atoms with Crippen LogP contribution >= 0.6 is 0 Å². The van der Waals surface area contributed by atoms with Crippen LogP contribution in [0.5, 0.6) is 0 Å². The molecule has 0 heterocycles. The van der Waals surface area contributed by atoms with Crippen molar-refractivity contribution in [3.05, 3.63) is 41.1 Å². The Hall–Kier alpha value is -1.23. The molecular formula is C11H15NO3. The Bertz CT molecular complexity index is 322. The van der Waals surface area contributed by atoms with E-state index in [4.69, 9.17) is 0 Å². The van der Waals surface area contributed by atoms with Crippen molar-refractivity contribution in [3.8, 4) is 0 Å². The smallest absolute Gasteiger partial charge is 0.135 e. The number of rotatable bonds is 5. The van der Waals surface area contributed by atoms with E-state index in [1.54, 1.807) is 24.3 Å². The minimum absolute atomic E-state index is 0.0197. The summed E-state index contributed by atoms with van der Waals surface area (Å²) in [6, 6.07) is 9.00. The van der Waals surface area contributed by atoms with Gasteiger partial charge in [-0.1, -0.05) is 30.3 Å². The third-order valence-electron chi connectivity index (χ3n) is 2.09. The van der Waals surface area contributed by atoms with E-state index in [0.717, 1.165) is 5.56 Å². The molecule has 82 valence electrons. The van der Waals surface area contributed by atoms with Crippen molar-refractivity contribution < 1.29 is 14.8 Å². The largest absolute Gasteiger partial charge is 0.598 e. The number of ketones is 1. The Labute approximate surface area is 88.9 Å². The molecule has 0 spiro atoms. The number of carbonyl (C=O) groups excluding carboxylic acids is 1. The molecule has 1 atom stereocenters. The number of benzene rings is 1. The molecule has 1 N–H and O–H groups in total. The Morgan fingerprint density at radius 1 is 1.40 bits per heavy atom. The number of hydrogen-bond acceptors (Lipinski definition) is 3. The first-order chi connectivity index (χ1) is 6.99. The van der Waals surface area contributed by atoms with Gasteiger partial charge >= 0.3 is 0 Å². The zero-order valence-electron chi connectivity index (χ0n) is 8.72. The number of hydroxylamine groups is 4. The molecule has 15 heavy (non-hydrogen) atoms. The molecule has 4 heteroatoms. The van der Waals surface area contributed by atoms with Gasteiger partial charge in [0.25, 0.3) is 0 Å². The molecule has 1 aromatic carbocycles. The second kappa shape index (κ2) is 5.02. The van der Waals surface area contributed by atoms with Gasteiger partial charge < -0.3 is 5.21 Å². The molecule has 0 saturated heterocycles. The molecule has 0 aliphatic rings. The Kier molecular flexibility index (Phi) is 3.96. The molecule has 1 rings (SSSR count). The summed E-state index contributed by atoms with van der Waals surface area (Å²) in [4.78, 5) is 9.30. The fraction of sp³-hybridized carbons (Fsp3) is 0.364. The van der Waals surface area contributed by atoms with Gasteiger partial charge in [-0.15, -0.1) is 0 Å². The van der Waals surface area contributed by atoms with E-state index in [-0.39, 0.29) is 25.3 Å². The highest BCUT2D eigenvalue weighted by molar-refractivity contribution is 5.75. The Morgan fingerprint density at radius 3 is 2.53 bits per heavy atom. The summed E-state index contributed by atoms with van der Waals surface area (Å²) >= 11 is 0. The van der Waals surface area contributed by atoms with E-state index >= 15 is 0 Å². The standard InChI is InChI=1S/C11H15NO3/c1-10(13)7-8-12(14,15)9-11-5-3-2-4-6-11/h2-6,14H,7-9H2,1H3. The van der Waals surface area contributed by atoms with Crippen molar-refractivity contribution in [2.75, 3.05) is 6.54 Å². The van der Waals surface area contributed by atoms with E-state index in [2.05, 4.69) is 0 Å². The van der Waals surface area contributed by atoms with Crippen LogP contribution in [0.2, 0.25) is 0 Å². The number of carbonyl (C=O) groups is 1. The highest BCUT2D eigenvalue weighted by Gasteiger charge is 2.15. The summed E-state index contributed by atoms with van der Waals surface area (Å²) in [5.41, 5.74) is 0.763. The second-order valence-corrected chi connectivity index (χ2v) is 3.67. The van der Waals surface area contributed by atoms with Crippen LogP contribution in [0.25, 0.3) is 0 Å². The Morgan fingerprint density at radius 2 is 2.00 bits per heavy atom. The molecule has 0 radical (unpaired) electrons. The van der Waals surface area contributed by atoms with Gasteiger partial charge in [0.15, 0.2) is 0 Å². The monoisotopic (exact) mass is 209 g/mol. The normalized spacial score (nSPS) is 14.6. The van der Waals surface area contributed by atoms with Crippen molar-refractivity contribution in [1.29, 1.82) is 0 Å². The lowest BCUT2D eigenvalue weighted by Gasteiger charge is -2.33. The number of quaternary nitrogens is 1. The molecule has 0 saturated carbocycles. The summed E-state index contributed by atoms with van der Waals surface area (Å²) < 4.78 is 0. The lowest BCUT2D eigenvalue weighted by molar-refractivity contribution is -1.07. The molecule has 0 aliphatic carbocycles. The quantitative estimate of drug-likeness (QED) is 0.594. The van der Waals surface area contributed by atoms with E-state index in [9.17, 15) is 15.2 Å². The Balaban J connectivity index is 2.52. The number of hydrogen-bond donors (Lipinski definition) is 1. The van der Waals surface area contributed by atoms with Crippen molar-refractivity contribution in [2.45, 2.75) is 19.9 Å². The maximum atomic E-state index is 11.5. The summed E-state index contributed by atoms with van der Waals surface area (Å²) in [6.45, 7) is 1.29. The summed E-state index contributed by atoms with van der Waals surface area (Å²) in [5, 5.41) is 21.0. The van der Waals surface area contributed by atoms with E-state index in [1.165, 1.54) is 6.92 Å². The van der Waals surface area contributed by atoms with Crippen molar-refractivity contribution in [2.24, 2.45) is 0 Å². The van der Waals surface area contributed by atoms with E-state index < -0.39 is 4.81 Å². The summed E-state index contributed by atoms with van der Waals surface area (Å²) in [5.74, 6) is -0.0875. The molecule has 0 bridgehead atoms. The van der Waals surface area contributed by atoms with Crippen LogP contribution in [0, 0.1) is 5.21 Å².